The van der Waals surface area contributed by atoms with Crippen molar-refractivity contribution in [2.75, 3.05) is 0 Å². The van der Waals surface area contributed by atoms with Crippen molar-refractivity contribution in [3.05, 3.63) is 48.3 Å². The fourth-order valence-corrected chi connectivity index (χ4v) is 1.40. The molecule has 0 bridgehead atoms. The highest BCUT2D eigenvalue weighted by Gasteiger charge is 1.99. The van der Waals surface area contributed by atoms with Gasteiger partial charge in [0.05, 0.1) is 11.4 Å². The van der Waals surface area contributed by atoms with Crippen LogP contribution < -0.4 is 0 Å². The van der Waals surface area contributed by atoms with Crippen molar-refractivity contribution < 1.29 is 0 Å². The number of hydrogen-bond donors (Lipinski definition) is 0. The van der Waals surface area contributed by atoms with Crippen LogP contribution in [0.1, 0.15) is 19.0 Å². The molecule has 0 amide bonds. The van der Waals surface area contributed by atoms with Crippen LogP contribution in [0.5, 0.6) is 0 Å². The Hall–Kier alpha value is -1.57. The first kappa shape index (κ1) is 9.00. The van der Waals surface area contributed by atoms with E-state index in [1.807, 2.05) is 41.2 Å². The number of hydrogen-bond acceptors (Lipinski definition) is 1. The van der Waals surface area contributed by atoms with E-state index in [0.29, 0.717) is 0 Å². The van der Waals surface area contributed by atoms with Gasteiger partial charge in [0, 0.05) is 12.3 Å². The third-order valence-electron chi connectivity index (χ3n) is 2.09. The number of aromatic nitrogens is 2. The Bertz CT molecular complexity index is 390. The lowest BCUT2D eigenvalue weighted by Gasteiger charge is -1.99. The van der Waals surface area contributed by atoms with Gasteiger partial charge in [0.1, 0.15) is 0 Å². The van der Waals surface area contributed by atoms with E-state index < -0.39 is 0 Å². The molecule has 71 valence electrons. The van der Waals surface area contributed by atoms with E-state index in [-0.39, 0.29) is 0 Å². The van der Waals surface area contributed by atoms with Crippen molar-refractivity contribution >= 4 is 0 Å². The zero-order valence-electron chi connectivity index (χ0n) is 8.27. The van der Waals surface area contributed by atoms with Crippen molar-refractivity contribution in [2.45, 2.75) is 19.8 Å². The first-order valence-electron chi connectivity index (χ1n) is 4.92. The molecule has 14 heavy (non-hydrogen) atoms. The molecule has 1 radical (unpaired) electrons. The second-order valence-electron chi connectivity index (χ2n) is 3.25. The summed E-state index contributed by atoms with van der Waals surface area (Å²) >= 11 is 0. The molecule has 2 heteroatoms. The molecule has 2 rings (SSSR count). The van der Waals surface area contributed by atoms with Crippen LogP contribution >= 0.6 is 0 Å². The summed E-state index contributed by atoms with van der Waals surface area (Å²) in [6.45, 7) is 2.15. The molecule has 0 spiro atoms. The molecule has 0 atom stereocenters. The van der Waals surface area contributed by atoms with Crippen molar-refractivity contribution in [2.24, 2.45) is 0 Å². The van der Waals surface area contributed by atoms with Gasteiger partial charge in [0.15, 0.2) is 0 Å². The summed E-state index contributed by atoms with van der Waals surface area (Å²) < 4.78 is 1.87. The van der Waals surface area contributed by atoms with E-state index >= 15 is 0 Å². The van der Waals surface area contributed by atoms with Crippen LogP contribution in [0, 0.1) is 6.07 Å². The maximum Gasteiger partial charge on any atom is 0.0708 e. The Morgan fingerprint density at radius 3 is 2.79 bits per heavy atom. The molecule has 1 aromatic heterocycles. The van der Waals surface area contributed by atoms with Gasteiger partial charge >= 0.3 is 0 Å². The lowest BCUT2D eigenvalue weighted by atomic mass is 10.3. The molecule has 0 N–H and O–H groups in total. The van der Waals surface area contributed by atoms with Crippen LogP contribution in [0.15, 0.2) is 36.5 Å². The summed E-state index contributed by atoms with van der Waals surface area (Å²) in [4.78, 5) is 0. The maximum absolute atomic E-state index is 4.43. The molecule has 0 aliphatic carbocycles. The number of aryl methyl sites for hydroxylation is 1. The monoisotopic (exact) mass is 185 g/mol. The lowest BCUT2D eigenvalue weighted by molar-refractivity contribution is 0.806. The van der Waals surface area contributed by atoms with Crippen molar-refractivity contribution in [3.63, 3.8) is 0 Å². The molecule has 2 nitrogen and oxygen atoms in total. The second-order valence-corrected chi connectivity index (χ2v) is 3.25. The van der Waals surface area contributed by atoms with Gasteiger partial charge in [-0.25, -0.2) is 4.68 Å². The predicted octanol–water partition coefficient (Wildman–Crippen LogP) is 2.62. The van der Waals surface area contributed by atoms with E-state index in [0.717, 1.165) is 24.2 Å². The van der Waals surface area contributed by atoms with Crippen LogP contribution in [0.4, 0.5) is 0 Å². The van der Waals surface area contributed by atoms with E-state index in [1.165, 1.54) is 0 Å². The molecule has 0 aliphatic heterocycles. The van der Waals surface area contributed by atoms with Gasteiger partial charge in [0.25, 0.3) is 0 Å². The quantitative estimate of drug-likeness (QED) is 0.718. The summed E-state index contributed by atoms with van der Waals surface area (Å²) in [5, 5.41) is 4.43. The minimum absolute atomic E-state index is 1.000. The fourth-order valence-electron chi connectivity index (χ4n) is 1.40. The van der Waals surface area contributed by atoms with Gasteiger partial charge in [-0.15, -0.1) is 0 Å². The molecule has 0 saturated heterocycles. The van der Waals surface area contributed by atoms with Crippen LogP contribution in [0.25, 0.3) is 5.69 Å². The molecular weight excluding hydrogens is 172 g/mol. The van der Waals surface area contributed by atoms with Crippen LogP contribution in [-0.2, 0) is 6.42 Å². The lowest BCUT2D eigenvalue weighted by Crippen LogP contribution is -1.95. The van der Waals surface area contributed by atoms with Crippen molar-refractivity contribution in [3.8, 4) is 5.69 Å². The van der Waals surface area contributed by atoms with Gasteiger partial charge in [0.2, 0.25) is 0 Å². The summed E-state index contributed by atoms with van der Waals surface area (Å²) in [5.74, 6) is 0. The third-order valence-corrected chi connectivity index (χ3v) is 2.09. The number of nitrogens with zero attached hydrogens (tertiary/aromatic N) is 2. The zero-order valence-corrected chi connectivity index (χ0v) is 8.27. The highest BCUT2D eigenvalue weighted by Crippen LogP contribution is 2.07. The first-order chi connectivity index (χ1) is 6.90. The SMILES string of the molecule is CCCc1[c]cn(-c2ccccc2)n1. The Kier molecular flexibility index (Phi) is 2.63. The smallest absolute Gasteiger partial charge is 0.0708 e. The zero-order chi connectivity index (χ0) is 9.80. The highest BCUT2D eigenvalue weighted by molar-refractivity contribution is 5.30. The summed E-state index contributed by atoms with van der Waals surface area (Å²) in [6, 6.07) is 13.3. The Labute approximate surface area is 84.2 Å². The number of para-hydroxylation sites is 1. The van der Waals surface area contributed by atoms with E-state index in [4.69, 9.17) is 0 Å². The number of rotatable bonds is 3. The summed E-state index contributed by atoms with van der Waals surface area (Å²) in [5.41, 5.74) is 2.13. The Morgan fingerprint density at radius 2 is 2.07 bits per heavy atom. The van der Waals surface area contributed by atoms with E-state index in [9.17, 15) is 0 Å². The van der Waals surface area contributed by atoms with Crippen LogP contribution in [0.3, 0.4) is 0 Å². The standard InChI is InChI=1S/C12H13N2/c1-2-6-11-9-10-14(13-11)12-7-4-3-5-8-12/h3-5,7-8,10H,2,6H2,1H3. The molecule has 1 aromatic carbocycles. The van der Waals surface area contributed by atoms with E-state index in [1.54, 1.807) is 0 Å². The predicted molar refractivity (Wildman–Crippen MR) is 56.4 cm³/mol. The molecule has 0 saturated carbocycles. The molecule has 0 fully saturated rings. The molecule has 2 aromatic rings. The minimum Gasteiger partial charge on any atom is -0.240 e. The highest BCUT2D eigenvalue weighted by atomic mass is 15.3. The minimum atomic E-state index is 1.000. The van der Waals surface area contributed by atoms with Gasteiger partial charge in [-0.2, -0.15) is 5.10 Å². The van der Waals surface area contributed by atoms with Crippen LogP contribution in [0.2, 0.25) is 0 Å². The molecule has 1 heterocycles. The second kappa shape index (κ2) is 4.09. The third kappa shape index (κ3) is 1.84. The number of benzene rings is 1. The maximum atomic E-state index is 4.43. The molecular formula is C12H13N2. The Morgan fingerprint density at radius 1 is 1.29 bits per heavy atom. The topological polar surface area (TPSA) is 17.8 Å². The Balaban J connectivity index is 2.25. The van der Waals surface area contributed by atoms with Crippen molar-refractivity contribution in [1.29, 1.82) is 0 Å². The average Bonchev–Trinajstić information content (AvgIpc) is 2.68. The first-order valence-corrected chi connectivity index (χ1v) is 4.92. The van der Waals surface area contributed by atoms with Gasteiger partial charge < -0.3 is 0 Å². The average molecular weight is 185 g/mol. The van der Waals surface area contributed by atoms with Gasteiger partial charge in [-0.3, -0.25) is 0 Å². The molecule has 0 aliphatic rings. The van der Waals surface area contributed by atoms with Gasteiger partial charge in [-0.1, -0.05) is 31.5 Å². The fraction of sp³-hybridized carbons (Fsp3) is 0.250. The summed E-state index contributed by atoms with van der Waals surface area (Å²) in [7, 11) is 0. The van der Waals surface area contributed by atoms with Crippen LogP contribution in [-0.4, -0.2) is 9.78 Å². The molecule has 0 unspecified atom stereocenters. The largest absolute Gasteiger partial charge is 0.240 e. The van der Waals surface area contributed by atoms with E-state index in [2.05, 4.69) is 18.1 Å². The summed E-state index contributed by atoms with van der Waals surface area (Å²) in [6.07, 6.45) is 4.00. The van der Waals surface area contributed by atoms with Gasteiger partial charge in [-0.05, 0) is 18.6 Å². The van der Waals surface area contributed by atoms with Crippen molar-refractivity contribution in [1.82, 2.24) is 9.78 Å². The normalized spacial score (nSPS) is 10.4.